The van der Waals surface area contributed by atoms with Crippen LogP contribution in [0.15, 0.2) is 77.5 Å². The second-order valence-electron chi connectivity index (χ2n) is 6.24. The highest BCUT2D eigenvalue weighted by atomic mass is 16.5. The molecule has 0 bridgehead atoms. The summed E-state index contributed by atoms with van der Waals surface area (Å²) >= 11 is 0. The predicted molar refractivity (Wildman–Crippen MR) is 107 cm³/mol. The average molecular weight is 373 g/mol. The standard InChI is InChI=1S/C22H19N3O3/c1-15-4-9-20(22(24-15)19-3-2-12-27-19)28-18-10-11-23-21(13-18)25-17-7-5-16(14-26)6-8-17/h2-13,26H,14H2,1H3,(H,23,25). The zero-order valence-electron chi connectivity index (χ0n) is 15.3. The molecule has 0 fully saturated rings. The van der Waals surface area contributed by atoms with Gasteiger partial charge in [-0.05, 0) is 55.0 Å². The van der Waals surface area contributed by atoms with Crippen molar-refractivity contribution in [2.45, 2.75) is 13.5 Å². The van der Waals surface area contributed by atoms with Crippen LogP contribution >= 0.6 is 0 Å². The summed E-state index contributed by atoms with van der Waals surface area (Å²) in [5, 5.41) is 12.4. The number of aromatic nitrogens is 2. The van der Waals surface area contributed by atoms with Crippen LogP contribution in [0.4, 0.5) is 11.5 Å². The van der Waals surface area contributed by atoms with E-state index in [2.05, 4.69) is 15.3 Å². The van der Waals surface area contributed by atoms with Crippen molar-refractivity contribution in [3.8, 4) is 23.0 Å². The van der Waals surface area contributed by atoms with E-state index in [0.717, 1.165) is 16.9 Å². The first-order valence-electron chi connectivity index (χ1n) is 8.83. The van der Waals surface area contributed by atoms with Gasteiger partial charge in [0.2, 0.25) is 0 Å². The Kier molecular flexibility index (Phi) is 5.03. The molecule has 0 radical (unpaired) electrons. The van der Waals surface area contributed by atoms with Crippen molar-refractivity contribution >= 4 is 11.5 Å². The minimum absolute atomic E-state index is 0.0183. The Morgan fingerprint density at radius 2 is 1.93 bits per heavy atom. The number of nitrogens with zero attached hydrogens (tertiary/aromatic N) is 2. The lowest BCUT2D eigenvalue weighted by atomic mass is 10.2. The highest BCUT2D eigenvalue weighted by Crippen LogP contribution is 2.33. The van der Waals surface area contributed by atoms with Gasteiger partial charge in [-0.15, -0.1) is 0 Å². The highest BCUT2D eigenvalue weighted by molar-refractivity contribution is 5.63. The monoisotopic (exact) mass is 373 g/mol. The largest absolute Gasteiger partial charge is 0.463 e. The van der Waals surface area contributed by atoms with E-state index in [1.165, 1.54) is 0 Å². The molecule has 2 N–H and O–H groups in total. The van der Waals surface area contributed by atoms with Crippen molar-refractivity contribution in [1.82, 2.24) is 9.97 Å². The summed E-state index contributed by atoms with van der Waals surface area (Å²) < 4.78 is 11.6. The van der Waals surface area contributed by atoms with Gasteiger partial charge in [-0.3, -0.25) is 0 Å². The minimum Gasteiger partial charge on any atom is -0.463 e. The van der Waals surface area contributed by atoms with Crippen LogP contribution in [0.2, 0.25) is 0 Å². The molecular formula is C22H19N3O3. The second kappa shape index (κ2) is 7.94. The molecule has 0 amide bonds. The molecule has 0 aliphatic rings. The number of benzene rings is 1. The fourth-order valence-corrected chi connectivity index (χ4v) is 2.73. The molecule has 4 aromatic rings. The van der Waals surface area contributed by atoms with Crippen LogP contribution in [-0.2, 0) is 6.61 Å². The fraction of sp³-hybridized carbons (Fsp3) is 0.0909. The molecule has 28 heavy (non-hydrogen) atoms. The van der Waals surface area contributed by atoms with Gasteiger partial charge in [-0.2, -0.15) is 0 Å². The number of hydrogen-bond donors (Lipinski definition) is 2. The van der Waals surface area contributed by atoms with Gasteiger partial charge in [0.15, 0.2) is 11.5 Å². The highest BCUT2D eigenvalue weighted by Gasteiger charge is 2.12. The van der Waals surface area contributed by atoms with Gasteiger partial charge in [0, 0.05) is 23.6 Å². The van der Waals surface area contributed by atoms with E-state index in [1.807, 2.05) is 61.5 Å². The molecule has 0 saturated carbocycles. The normalized spacial score (nSPS) is 10.6. The van der Waals surface area contributed by atoms with Crippen LogP contribution in [0.1, 0.15) is 11.3 Å². The number of aliphatic hydroxyl groups is 1. The van der Waals surface area contributed by atoms with Crippen LogP contribution < -0.4 is 10.1 Å². The van der Waals surface area contributed by atoms with Crippen molar-refractivity contribution in [2.75, 3.05) is 5.32 Å². The van der Waals surface area contributed by atoms with Crippen molar-refractivity contribution in [3.63, 3.8) is 0 Å². The average Bonchev–Trinajstić information content (AvgIpc) is 3.25. The lowest BCUT2D eigenvalue weighted by Gasteiger charge is -2.11. The van der Waals surface area contributed by atoms with Gasteiger partial charge < -0.3 is 19.6 Å². The number of ether oxygens (including phenoxy) is 1. The number of furan rings is 1. The molecule has 0 spiro atoms. The number of rotatable bonds is 6. The summed E-state index contributed by atoms with van der Waals surface area (Å²) in [6.45, 7) is 1.94. The first-order chi connectivity index (χ1) is 13.7. The lowest BCUT2D eigenvalue weighted by molar-refractivity contribution is 0.282. The van der Waals surface area contributed by atoms with E-state index >= 15 is 0 Å². The Labute approximate surface area is 162 Å². The van der Waals surface area contributed by atoms with E-state index in [1.54, 1.807) is 18.5 Å². The molecule has 0 aliphatic heterocycles. The summed E-state index contributed by atoms with van der Waals surface area (Å²) in [6.07, 6.45) is 3.29. The molecule has 3 aromatic heterocycles. The van der Waals surface area contributed by atoms with E-state index < -0.39 is 0 Å². The SMILES string of the molecule is Cc1ccc(Oc2ccnc(Nc3ccc(CO)cc3)c2)c(-c2ccco2)n1. The Hall–Kier alpha value is -3.64. The van der Waals surface area contributed by atoms with Gasteiger partial charge in [0.1, 0.15) is 17.3 Å². The third-order valence-corrected chi connectivity index (χ3v) is 4.12. The molecule has 4 rings (SSSR count). The van der Waals surface area contributed by atoms with Crippen LogP contribution in [0, 0.1) is 6.92 Å². The molecule has 0 atom stereocenters. The number of pyridine rings is 2. The molecule has 6 nitrogen and oxygen atoms in total. The number of anilines is 2. The Morgan fingerprint density at radius 1 is 1.07 bits per heavy atom. The zero-order chi connectivity index (χ0) is 19.3. The molecule has 3 heterocycles. The van der Waals surface area contributed by atoms with Crippen molar-refractivity contribution in [3.05, 3.63) is 84.4 Å². The van der Waals surface area contributed by atoms with Crippen molar-refractivity contribution in [2.24, 2.45) is 0 Å². The molecule has 0 aliphatic carbocycles. The topological polar surface area (TPSA) is 80.4 Å². The summed E-state index contributed by atoms with van der Waals surface area (Å²) in [5.41, 5.74) is 3.25. The first kappa shape index (κ1) is 17.8. The summed E-state index contributed by atoms with van der Waals surface area (Å²) in [5.74, 6) is 2.52. The second-order valence-corrected chi connectivity index (χ2v) is 6.24. The Morgan fingerprint density at radius 3 is 2.68 bits per heavy atom. The zero-order valence-corrected chi connectivity index (χ0v) is 15.3. The summed E-state index contributed by atoms with van der Waals surface area (Å²) in [6, 6.07) is 18.5. The van der Waals surface area contributed by atoms with Crippen LogP contribution in [0.3, 0.4) is 0 Å². The smallest absolute Gasteiger partial charge is 0.156 e. The van der Waals surface area contributed by atoms with Gasteiger partial charge >= 0.3 is 0 Å². The van der Waals surface area contributed by atoms with Gasteiger partial charge in [0.25, 0.3) is 0 Å². The Balaban J connectivity index is 1.57. The van der Waals surface area contributed by atoms with Gasteiger partial charge in [0.05, 0.1) is 12.9 Å². The van der Waals surface area contributed by atoms with E-state index in [4.69, 9.17) is 14.3 Å². The van der Waals surface area contributed by atoms with E-state index in [-0.39, 0.29) is 6.61 Å². The van der Waals surface area contributed by atoms with E-state index in [0.29, 0.717) is 28.8 Å². The lowest BCUT2D eigenvalue weighted by Crippen LogP contribution is -1.96. The maximum absolute atomic E-state index is 9.14. The minimum atomic E-state index is 0.0183. The van der Waals surface area contributed by atoms with Crippen molar-refractivity contribution < 1.29 is 14.3 Å². The number of aliphatic hydroxyl groups excluding tert-OH is 1. The molecule has 0 saturated heterocycles. The molecule has 140 valence electrons. The quantitative estimate of drug-likeness (QED) is 0.491. The fourth-order valence-electron chi connectivity index (χ4n) is 2.73. The maximum Gasteiger partial charge on any atom is 0.156 e. The number of hydrogen-bond acceptors (Lipinski definition) is 6. The summed E-state index contributed by atoms with van der Waals surface area (Å²) in [7, 11) is 0. The summed E-state index contributed by atoms with van der Waals surface area (Å²) in [4.78, 5) is 8.88. The van der Waals surface area contributed by atoms with Crippen LogP contribution in [-0.4, -0.2) is 15.1 Å². The third kappa shape index (κ3) is 4.02. The van der Waals surface area contributed by atoms with Crippen LogP contribution in [0.5, 0.6) is 11.5 Å². The molecule has 6 heteroatoms. The Bertz CT molecular complexity index is 1060. The third-order valence-electron chi connectivity index (χ3n) is 4.12. The molecule has 1 aromatic carbocycles. The van der Waals surface area contributed by atoms with Crippen LogP contribution in [0.25, 0.3) is 11.5 Å². The van der Waals surface area contributed by atoms with E-state index in [9.17, 15) is 0 Å². The predicted octanol–water partition coefficient (Wildman–Crippen LogP) is 5.07. The van der Waals surface area contributed by atoms with Gasteiger partial charge in [-0.1, -0.05) is 12.1 Å². The molecule has 0 unspecified atom stereocenters. The maximum atomic E-state index is 9.14. The van der Waals surface area contributed by atoms with Gasteiger partial charge in [-0.25, -0.2) is 9.97 Å². The first-order valence-corrected chi connectivity index (χ1v) is 8.83. The number of aryl methyl sites for hydroxylation is 1. The van der Waals surface area contributed by atoms with Crippen molar-refractivity contribution in [1.29, 1.82) is 0 Å². The number of nitrogens with one attached hydrogen (secondary N) is 1. The molecular weight excluding hydrogens is 354 g/mol.